The minimum atomic E-state index is 0.434. The molecule has 14 heavy (non-hydrogen) atoms. The Bertz CT molecular complexity index is 327. The first-order chi connectivity index (χ1) is 6.67. The molecule has 0 aliphatic heterocycles. The molecule has 0 saturated carbocycles. The normalized spacial score (nSPS) is 31.2. The summed E-state index contributed by atoms with van der Waals surface area (Å²) in [5.74, 6) is 0.755. The summed E-state index contributed by atoms with van der Waals surface area (Å²) in [4.78, 5) is 0. The van der Waals surface area contributed by atoms with E-state index < -0.39 is 0 Å². The van der Waals surface area contributed by atoms with Crippen molar-refractivity contribution in [2.45, 2.75) is 51.4 Å². The number of hydrogen-bond donors (Lipinski definition) is 0. The third kappa shape index (κ3) is 1.37. The Morgan fingerprint density at radius 2 is 2.07 bits per heavy atom. The van der Waals surface area contributed by atoms with Gasteiger partial charge in [-0.05, 0) is 41.7 Å². The number of benzene rings is 1. The summed E-state index contributed by atoms with van der Waals surface area (Å²) >= 11 is 0. The van der Waals surface area contributed by atoms with Gasteiger partial charge in [-0.15, -0.1) is 0 Å². The average molecular weight is 188 g/mol. The van der Waals surface area contributed by atoms with Gasteiger partial charge in [0.25, 0.3) is 0 Å². The van der Waals surface area contributed by atoms with Crippen LogP contribution in [-0.2, 0) is 5.41 Å². The van der Waals surface area contributed by atoms with Gasteiger partial charge in [-0.3, -0.25) is 0 Å². The monoisotopic (exact) mass is 188 g/mol. The lowest BCUT2D eigenvalue weighted by atomic mass is 9.67. The molecule has 0 N–H and O–H groups in total. The zero-order valence-electron chi connectivity index (χ0n) is 9.51. The van der Waals surface area contributed by atoms with Crippen molar-refractivity contribution in [3.8, 4) is 0 Å². The summed E-state index contributed by atoms with van der Waals surface area (Å²) in [5.41, 5.74) is 3.62. The first-order valence-corrected chi connectivity index (χ1v) is 5.77. The molecule has 0 heterocycles. The molecule has 0 bridgehead atoms. The first kappa shape index (κ1) is 9.76. The van der Waals surface area contributed by atoms with Crippen LogP contribution >= 0.6 is 0 Å². The van der Waals surface area contributed by atoms with Crippen LogP contribution in [0.1, 0.15) is 57.1 Å². The van der Waals surface area contributed by atoms with E-state index >= 15 is 0 Å². The summed E-state index contributed by atoms with van der Waals surface area (Å²) in [6.45, 7) is 7.08. The van der Waals surface area contributed by atoms with Crippen LogP contribution in [0.4, 0.5) is 0 Å². The van der Waals surface area contributed by atoms with Crippen molar-refractivity contribution < 1.29 is 0 Å². The molecule has 0 fully saturated rings. The van der Waals surface area contributed by atoms with Crippen molar-refractivity contribution in [3.05, 3.63) is 35.4 Å². The van der Waals surface area contributed by atoms with Gasteiger partial charge in [0.1, 0.15) is 0 Å². The summed E-state index contributed by atoms with van der Waals surface area (Å²) in [5, 5.41) is 0. The third-order valence-electron chi connectivity index (χ3n) is 4.05. The maximum atomic E-state index is 2.41. The number of rotatable bonds is 1. The van der Waals surface area contributed by atoms with Crippen LogP contribution in [0.2, 0.25) is 0 Å². The van der Waals surface area contributed by atoms with Gasteiger partial charge in [-0.1, -0.05) is 45.0 Å². The van der Waals surface area contributed by atoms with Crippen LogP contribution < -0.4 is 0 Å². The Kier molecular flexibility index (Phi) is 2.38. The highest BCUT2D eigenvalue weighted by Crippen LogP contribution is 2.44. The minimum Gasteiger partial charge on any atom is -0.0645 e. The van der Waals surface area contributed by atoms with Crippen molar-refractivity contribution in [1.82, 2.24) is 0 Å². The highest BCUT2D eigenvalue weighted by Gasteiger charge is 2.32. The zero-order valence-corrected chi connectivity index (χ0v) is 9.51. The van der Waals surface area contributed by atoms with E-state index in [4.69, 9.17) is 0 Å². The molecule has 2 atom stereocenters. The summed E-state index contributed by atoms with van der Waals surface area (Å²) in [7, 11) is 0. The average Bonchev–Trinajstić information content (AvgIpc) is 2.24. The Hall–Kier alpha value is -0.780. The van der Waals surface area contributed by atoms with E-state index in [2.05, 4.69) is 45.0 Å². The molecule has 0 heteroatoms. The molecule has 76 valence electrons. The molecular formula is C14H20. The van der Waals surface area contributed by atoms with E-state index in [-0.39, 0.29) is 0 Å². The second-order valence-corrected chi connectivity index (χ2v) is 4.94. The van der Waals surface area contributed by atoms with E-state index in [1.165, 1.54) is 19.3 Å². The van der Waals surface area contributed by atoms with Crippen molar-refractivity contribution in [3.63, 3.8) is 0 Å². The van der Waals surface area contributed by atoms with Gasteiger partial charge in [0.2, 0.25) is 0 Å². The SMILES string of the molecule is CC[C@]1(C)CC[C@@H](C)c2ccccc21. The lowest BCUT2D eigenvalue weighted by molar-refractivity contribution is 0.359. The smallest absolute Gasteiger partial charge is 0.00748 e. The fourth-order valence-corrected chi connectivity index (χ4v) is 2.67. The predicted octanol–water partition coefficient (Wildman–Crippen LogP) is 4.25. The lowest BCUT2D eigenvalue weighted by Crippen LogP contribution is -2.27. The molecule has 2 rings (SSSR count). The predicted molar refractivity (Wildman–Crippen MR) is 61.7 cm³/mol. The van der Waals surface area contributed by atoms with E-state index in [9.17, 15) is 0 Å². The fourth-order valence-electron chi connectivity index (χ4n) is 2.67. The highest BCUT2D eigenvalue weighted by molar-refractivity contribution is 5.38. The first-order valence-electron chi connectivity index (χ1n) is 5.77. The fraction of sp³-hybridized carbons (Fsp3) is 0.571. The van der Waals surface area contributed by atoms with Gasteiger partial charge in [-0.2, -0.15) is 0 Å². The van der Waals surface area contributed by atoms with Gasteiger partial charge in [0.15, 0.2) is 0 Å². The molecule has 0 amide bonds. The van der Waals surface area contributed by atoms with Crippen LogP contribution in [0.15, 0.2) is 24.3 Å². The van der Waals surface area contributed by atoms with Gasteiger partial charge in [-0.25, -0.2) is 0 Å². The Morgan fingerprint density at radius 3 is 2.79 bits per heavy atom. The Morgan fingerprint density at radius 1 is 1.36 bits per heavy atom. The maximum Gasteiger partial charge on any atom is -0.00748 e. The minimum absolute atomic E-state index is 0.434. The Labute approximate surface area is 87.3 Å². The summed E-state index contributed by atoms with van der Waals surface area (Å²) in [6, 6.07) is 9.00. The molecule has 1 aliphatic carbocycles. The van der Waals surface area contributed by atoms with Crippen molar-refractivity contribution >= 4 is 0 Å². The molecule has 0 saturated heterocycles. The zero-order chi connectivity index (χ0) is 10.2. The van der Waals surface area contributed by atoms with Crippen LogP contribution in [0.3, 0.4) is 0 Å². The largest absolute Gasteiger partial charge is 0.0645 e. The van der Waals surface area contributed by atoms with E-state index in [0.29, 0.717) is 5.41 Å². The highest BCUT2D eigenvalue weighted by atomic mass is 14.4. The summed E-state index contributed by atoms with van der Waals surface area (Å²) < 4.78 is 0. The standard InChI is InChI=1S/C14H20/c1-4-14(3)10-9-11(2)12-7-5-6-8-13(12)14/h5-8,11H,4,9-10H2,1-3H3/t11-,14-/m1/s1. The second kappa shape index (κ2) is 3.42. The van der Waals surface area contributed by atoms with Crippen LogP contribution in [0.25, 0.3) is 0 Å². The maximum absolute atomic E-state index is 2.41. The van der Waals surface area contributed by atoms with Crippen molar-refractivity contribution in [2.75, 3.05) is 0 Å². The quantitative estimate of drug-likeness (QED) is 0.618. The van der Waals surface area contributed by atoms with Gasteiger partial charge in [0.05, 0.1) is 0 Å². The van der Waals surface area contributed by atoms with Gasteiger partial charge < -0.3 is 0 Å². The molecule has 0 aromatic heterocycles. The Balaban J connectivity index is 2.52. The van der Waals surface area contributed by atoms with Gasteiger partial charge in [0, 0.05) is 0 Å². The van der Waals surface area contributed by atoms with E-state index in [1.54, 1.807) is 11.1 Å². The molecule has 1 aromatic rings. The molecule has 1 aromatic carbocycles. The van der Waals surface area contributed by atoms with E-state index in [1.807, 2.05) is 0 Å². The van der Waals surface area contributed by atoms with Crippen LogP contribution in [0, 0.1) is 0 Å². The second-order valence-electron chi connectivity index (χ2n) is 4.94. The van der Waals surface area contributed by atoms with Gasteiger partial charge >= 0.3 is 0 Å². The van der Waals surface area contributed by atoms with E-state index in [0.717, 1.165) is 5.92 Å². The molecule has 0 spiro atoms. The van der Waals surface area contributed by atoms with Crippen LogP contribution in [-0.4, -0.2) is 0 Å². The number of hydrogen-bond acceptors (Lipinski definition) is 0. The molecule has 1 aliphatic rings. The topological polar surface area (TPSA) is 0 Å². The van der Waals surface area contributed by atoms with Crippen molar-refractivity contribution in [2.24, 2.45) is 0 Å². The summed E-state index contributed by atoms with van der Waals surface area (Å²) in [6.07, 6.45) is 3.96. The lowest BCUT2D eigenvalue weighted by Gasteiger charge is -2.38. The molecular weight excluding hydrogens is 168 g/mol. The number of fused-ring (bicyclic) bond motifs is 1. The molecule has 0 nitrogen and oxygen atoms in total. The van der Waals surface area contributed by atoms with Crippen molar-refractivity contribution in [1.29, 1.82) is 0 Å². The van der Waals surface area contributed by atoms with Crippen LogP contribution in [0.5, 0.6) is 0 Å². The molecule has 0 unspecified atom stereocenters. The third-order valence-corrected chi connectivity index (χ3v) is 4.05. The molecule has 0 radical (unpaired) electrons.